The largest absolute Gasteiger partial charge is 0.501 e. The van der Waals surface area contributed by atoms with E-state index in [0.29, 0.717) is 6.10 Å². The molecule has 4 aliphatic rings. The molecule has 1 spiro atoms. The number of ether oxygens (including phenoxy) is 2. The summed E-state index contributed by atoms with van der Waals surface area (Å²) in [5.74, 6) is 1.99. The molecule has 0 aromatic rings. The van der Waals surface area contributed by atoms with Crippen LogP contribution in [0.15, 0.2) is 22.1 Å². The van der Waals surface area contributed by atoms with Crippen LogP contribution in [0.25, 0.3) is 0 Å². The quantitative estimate of drug-likeness (QED) is 0.549. The van der Waals surface area contributed by atoms with Crippen LogP contribution in [-0.2, 0) is 9.47 Å². The van der Waals surface area contributed by atoms with Crippen molar-refractivity contribution in [1.82, 2.24) is 0 Å². The number of hydrogen-bond acceptors (Lipinski definition) is 2. The van der Waals surface area contributed by atoms with Gasteiger partial charge in [0.15, 0.2) is 0 Å². The first-order valence-corrected chi connectivity index (χ1v) is 12.2. The minimum atomic E-state index is -1.47. The molecule has 2 nitrogen and oxygen atoms in total. The fourth-order valence-electron chi connectivity index (χ4n) is 5.58. The Morgan fingerprint density at radius 2 is 1.90 bits per heavy atom. The molecule has 0 saturated carbocycles. The Balaban J connectivity index is 1.93. The number of allylic oxidation sites excluding steroid dienone is 1. The summed E-state index contributed by atoms with van der Waals surface area (Å²) in [6.07, 6.45) is 9.36. The van der Waals surface area contributed by atoms with E-state index < -0.39 is 8.07 Å². The Hall–Kier alpha value is -0.543. The Labute approximate surface area is 129 Å². The van der Waals surface area contributed by atoms with Crippen LogP contribution in [0.2, 0.25) is 19.6 Å². The summed E-state index contributed by atoms with van der Waals surface area (Å²) in [7, 11) is 0.391. The van der Waals surface area contributed by atoms with Crippen molar-refractivity contribution < 1.29 is 9.47 Å². The highest BCUT2D eigenvalue weighted by Gasteiger charge is 2.63. The van der Waals surface area contributed by atoms with Crippen LogP contribution >= 0.6 is 0 Å². The van der Waals surface area contributed by atoms with Crippen LogP contribution in [0.5, 0.6) is 0 Å². The number of fused-ring (bicyclic) bond motifs is 2. The average molecular weight is 305 g/mol. The van der Waals surface area contributed by atoms with Gasteiger partial charge in [0.2, 0.25) is 0 Å². The minimum absolute atomic E-state index is 0.0332. The average Bonchev–Trinajstić information content (AvgIpc) is 2.98. The van der Waals surface area contributed by atoms with Crippen molar-refractivity contribution in [2.45, 2.75) is 76.3 Å². The van der Waals surface area contributed by atoms with Crippen molar-refractivity contribution in [3.8, 4) is 0 Å². The van der Waals surface area contributed by atoms with Crippen molar-refractivity contribution in [2.24, 2.45) is 5.92 Å². The summed E-state index contributed by atoms with van der Waals surface area (Å²) in [6.45, 7) is 7.41. The lowest BCUT2D eigenvalue weighted by Crippen LogP contribution is -2.50. The second-order valence-electron chi connectivity index (χ2n) is 8.28. The summed E-state index contributed by atoms with van der Waals surface area (Å²) in [5, 5.41) is 1.60. The molecule has 3 atom stereocenters. The van der Waals surface area contributed by atoms with Gasteiger partial charge >= 0.3 is 0 Å². The van der Waals surface area contributed by atoms with E-state index in [4.69, 9.17) is 9.47 Å². The summed E-state index contributed by atoms with van der Waals surface area (Å²) in [5.41, 5.74) is 3.35. The first-order valence-electron chi connectivity index (χ1n) is 8.66. The Bertz CT molecular complexity index is 540. The zero-order valence-electron chi connectivity index (χ0n) is 13.9. The molecule has 0 amide bonds. The maximum absolute atomic E-state index is 6.80. The van der Waals surface area contributed by atoms with Crippen molar-refractivity contribution in [3.05, 3.63) is 22.1 Å². The third-order valence-electron chi connectivity index (χ3n) is 6.12. The molecule has 116 valence electrons. The van der Waals surface area contributed by atoms with Crippen molar-refractivity contribution in [2.75, 3.05) is 7.11 Å². The molecule has 0 aromatic heterocycles. The lowest BCUT2D eigenvalue weighted by molar-refractivity contribution is 0.0231. The molecule has 0 radical (unpaired) electrons. The first-order chi connectivity index (χ1) is 9.98. The molecule has 4 rings (SSSR count). The third-order valence-corrected chi connectivity index (χ3v) is 8.27. The summed E-state index contributed by atoms with van der Waals surface area (Å²) in [6, 6.07) is 0. The first kappa shape index (κ1) is 14.1. The van der Waals surface area contributed by atoms with Crippen LogP contribution in [-0.4, -0.2) is 26.9 Å². The van der Waals surface area contributed by atoms with Gasteiger partial charge in [-0.3, -0.25) is 0 Å². The molecule has 0 aromatic carbocycles. The van der Waals surface area contributed by atoms with Crippen molar-refractivity contribution in [1.29, 1.82) is 0 Å². The SMILES string of the molecule is COC1=C([Si](C)(C)C)[C@]23O[C@H](C[C@@H]2CC1)C1=C3CCCC1. The van der Waals surface area contributed by atoms with E-state index in [0.717, 1.165) is 12.3 Å². The Morgan fingerprint density at radius 3 is 2.62 bits per heavy atom. The smallest absolute Gasteiger partial charge is 0.114 e. The van der Waals surface area contributed by atoms with Gasteiger partial charge in [0.05, 0.1) is 27.0 Å². The molecular weight excluding hydrogens is 276 g/mol. The van der Waals surface area contributed by atoms with E-state index >= 15 is 0 Å². The molecule has 0 unspecified atom stereocenters. The standard InChI is InChI=1S/C18H28O2Si/c1-19-15-10-9-12-11-16-13-7-5-6-8-14(13)18(12,20-16)17(15)21(2,3)4/h12,16H,5-11H2,1-4H3/t12-,16+,18-/m0/s1. The van der Waals surface area contributed by atoms with Crippen LogP contribution in [0.3, 0.4) is 0 Å². The summed E-state index contributed by atoms with van der Waals surface area (Å²) >= 11 is 0. The van der Waals surface area contributed by atoms with Crippen molar-refractivity contribution >= 4 is 8.07 Å². The highest BCUT2D eigenvalue weighted by atomic mass is 28.3. The van der Waals surface area contributed by atoms with E-state index in [9.17, 15) is 0 Å². The maximum atomic E-state index is 6.80. The monoisotopic (exact) mass is 304 g/mol. The van der Waals surface area contributed by atoms with E-state index in [1.807, 2.05) is 7.11 Å². The molecule has 1 saturated heterocycles. The molecule has 1 fully saturated rings. The summed E-state index contributed by atoms with van der Waals surface area (Å²) < 4.78 is 12.7. The van der Waals surface area contributed by atoms with Gasteiger partial charge in [0.25, 0.3) is 0 Å². The second kappa shape index (κ2) is 4.48. The van der Waals surface area contributed by atoms with Crippen LogP contribution < -0.4 is 0 Å². The molecule has 0 N–H and O–H groups in total. The zero-order chi connectivity index (χ0) is 14.8. The second-order valence-corrected chi connectivity index (χ2v) is 13.3. The van der Waals surface area contributed by atoms with Crippen LogP contribution in [0.1, 0.15) is 44.9 Å². The maximum Gasteiger partial charge on any atom is 0.114 e. The van der Waals surface area contributed by atoms with E-state index in [1.165, 1.54) is 44.3 Å². The molecule has 2 aliphatic heterocycles. The molecule has 2 bridgehead atoms. The van der Waals surface area contributed by atoms with Gasteiger partial charge in [-0.15, -0.1) is 0 Å². The van der Waals surface area contributed by atoms with E-state index in [2.05, 4.69) is 19.6 Å². The van der Waals surface area contributed by atoms with Crippen LogP contribution in [0.4, 0.5) is 0 Å². The predicted molar refractivity (Wildman–Crippen MR) is 87.8 cm³/mol. The third kappa shape index (κ3) is 1.74. The summed E-state index contributed by atoms with van der Waals surface area (Å²) in [4.78, 5) is 0. The fraction of sp³-hybridized carbons (Fsp3) is 0.778. The Morgan fingerprint density at radius 1 is 1.14 bits per heavy atom. The number of rotatable bonds is 2. The van der Waals surface area contributed by atoms with Crippen LogP contribution in [0, 0.1) is 5.92 Å². The fourth-order valence-corrected chi connectivity index (χ4v) is 8.18. The number of hydrogen-bond donors (Lipinski definition) is 0. The van der Waals surface area contributed by atoms with Gasteiger partial charge in [-0.2, -0.15) is 0 Å². The Kier molecular flexibility index (Phi) is 3.00. The lowest BCUT2D eigenvalue weighted by Gasteiger charge is -2.47. The lowest BCUT2D eigenvalue weighted by atomic mass is 9.66. The molecule has 21 heavy (non-hydrogen) atoms. The van der Waals surface area contributed by atoms with Gasteiger partial charge in [0.1, 0.15) is 5.60 Å². The molecule has 2 heterocycles. The zero-order valence-corrected chi connectivity index (χ0v) is 14.9. The molecule has 3 heteroatoms. The molecular formula is C18H28O2Si. The number of methoxy groups -OCH3 is 1. The van der Waals surface area contributed by atoms with Gasteiger partial charge in [0, 0.05) is 6.42 Å². The molecule has 2 aliphatic carbocycles. The van der Waals surface area contributed by atoms with Gasteiger partial charge in [-0.25, -0.2) is 0 Å². The highest BCUT2D eigenvalue weighted by molar-refractivity contribution is 6.83. The predicted octanol–water partition coefficient (Wildman–Crippen LogP) is 4.59. The van der Waals surface area contributed by atoms with Gasteiger partial charge in [-0.05, 0) is 60.8 Å². The van der Waals surface area contributed by atoms with Gasteiger partial charge in [-0.1, -0.05) is 19.6 Å². The minimum Gasteiger partial charge on any atom is -0.501 e. The van der Waals surface area contributed by atoms with E-state index in [1.54, 1.807) is 16.3 Å². The van der Waals surface area contributed by atoms with E-state index in [-0.39, 0.29) is 5.60 Å². The highest BCUT2D eigenvalue weighted by Crippen LogP contribution is 2.63. The topological polar surface area (TPSA) is 18.5 Å². The van der Waals surface area contributed by atoms with Crippen molar-refractivity contribution in [3.63, 3.8) is 0 Å². The van der Waals surface area contributed by atoms with Gasteiger partial charge < -0.3 is 9.47 Å². The normalized spacial score (nSPS) is 38.7.